The van der Waals surface area contributed by atoms with Gasteiger partial charge in [-0.3, -0.25) is 9.89 Å². The van der Waals surface area contributed by atoms with Crippen LogP contribution in [0.5, 0.6) is 0 Å². The Morgan fingerprint density at radius 3 is 2.54 bits per heavy atom. The molecule has 8 heteroatoms. The summed E-state index contributed by atoms with van der Waals surface area (Å²) < 4.78 is 38.9. The predicted molar refractivity (Wildman–Crippen MR) is 91.6 cm³/mol. The number of aromatic amines is 1. The standard InChI is InChI=1S/C18H13ClF3N3O/c19-14-8-4-2-6-12(14)15-9-16(25-24-15)17(26)23-10-11-5-1-3-7-13(11)18(20,21)22/h1-9H,10H2,(H,23,26)(H,24,25). The van der Waals surface area contributed by atoms with E-state index in [0.717, 1.165) is 6.07 Å². The SMILES string of the molecule is O=C(NCc1ccccc1C(F)(F)F)c1cc(-c2ccccc2Cl)n[nH]1. The molecule has 2 N–H and O–H groups in total. The molecule has 4 nitrogen and oxygen atoms in total. The van der Waals surface area contributed by atoms with Crippen LogP contribution >= 0.6 is 11.6 Å². The molecule has 0 fully saturated rings. The zero-order chi connectivity index (χ0) is 18.7. The average molecular weight is 380 g/mol. The highest BCUT2D eigenvalue weighted by atomic mass is 35.5. The molecule has 0 radical (unpaired) electrons. The van der Waals surface area contributed by atoms with Gasteiger partial charge in [0.05, 0.1) is 16.3 Å². The number of H-pyrrole nitrogens is 1. The molecule has 2 aromatic carbocycles. The van der Waals surface area contributed by atoms with E-state index >= 15 is 0 Å². The summed E-state index contributed by atoms with van der Waals surface area (Å²) in [6.45, 7) is -0.255. The van der Waals surface area contributed by atoms with E-state index in [-0.39, 0.29) is 17.8 Å². The first kappa shape index (κ1) is 18.0. The van der Waals surface area contributed by atoms with Crippen molar-refractivity contribution in [2.75, 3.05) is 0 Å². The fraction of sp³-hybridized carbons (Fsp3) is 0.111. The van der Waals surface area contributed by atoms with Crippen LogP contribution in [-0.4, -0.2) is 16.1 Å². The van der Waals surface area contributed by atoms with Gasteiger partial charge in [-0.15, -0.1) is 0 Å². The van der Waals surface area contributed by atoms with E-state index in [1.165, 1.54) is 24.3 Å². The molecular formula is C18H13ClF3N3O. The molecule has 0 aliphatic heterocycles. The zero-order valence-corrected chi connectivity index (χ0v) is 14.0. The highest BCUT2D eigenvalue weighted by Gasteiger charge is 2.32. The predicted octanol–water partition coefficient (Wildman–Crippen LogP) is 4.68. The van der Waals surface area contributed by atoms with Crippen molar-refractivity contribution in [1.82, 2.24) is 15.5 Å². The number of hydrogen-bond acceptors (Lipinski definition) is 2. The molecule has 0 aliphatic rings. The fourth-order valence-corrected chi connectivity index (χ4v) is 2.70. The van der Waals surface area contributed by atoms with Crippen LogP contribution in [0.25, 0.3) is 11.3 Å². The van der Waals surface area contributed by atoms with Gasteiger partial charge in [0.1, 0.15) is 5.69 Å². The maximum absolute atomic E-state index is 13.0. The molecule has 0 spiro atoms. The number of alkyl halides is 3. The van der Waals surface area contributed by atoms with Crippen LogP contribution in [0.3, 0.4) is 0 Å². The fourth-order valence-electron chi connectivity index (χ4n) is 2.47. The Morgan fingerprint density at radius 2 is 1.81 bits per heavy atom. The Balaban J connectivity index is 1.74. The Morgan fingerprint density at radius 1 is 1.12 bits per heavy atom. The van der Waals surface area contributed by atoms with Crippen LogP contribution in [0.4, 0.5) is 13.2 Å². The summed E-state index contributed by atoms with van der Waals surface area (Å²) >= 11 is 6.09. The van der Waals surface area contributed by atoms with Gasteiger partial charge < -0.3 is 5.32 Å². The third-order valence-electron chi connectivity index (χ3n) is 3.73. The molecule has 1 heterocycles. The number of amides is 1. The molecule has 3 rings (SSSR count). The van der Waals surface area contributed by atoms with Gasteiger partial charge in [0.15, 0.2) is 0 Å². The monoisotopic (exact) mass is 379 g/mol. The Hall–Kier alpha value is -2.80. The van der Waals surface area contributed by atoms with E-state index in [1.54, 1.807) is 24.3 Å². The van der Waals surface area contributed by atoms with Gasteiger partial charge in [0.25, 0.3) is 5.91 Å². The van der Waals surface area contributed by atoms with Gasteiger partial charge in [0.2, 0.25) is 0 Å². The lowest BCUT2D eigenvalue weighted by Gasteiger charge is -2.12. The van der Waals surface area contributed by atoms with Crippen molar-refractivity contribution in [3.05, 3.63) is 76.4 Å². The molecule has 0 saturated carbocycles. The number of rotatable bonds is 4. The number of carbonyl (C=O) groups excluding carboxylic acids is 1. The van der Waals surface area contributed by atoms with Crippen LogP contribution in [0.2, 0.25) is 5.02 Å². The first-order chi connectivity index (χ1) is 12.4. The maximum Gasteiger partial charge on any atom is 0.416 e. The van der Waals surface area contributed by atoms with Crippen molar-refractivity contribution >= 4 is 17.5 Å². The lowest BCUT2D eigenvalue weighted by atomic mass is 10.1. The zero-order valence-electron chi connectivity index (χ0n) is 13.3. The number of aromatic nitrogens is 2. The second-order valence-electron chi connectivity index (χ2n) is 5.48. The molecule has 0 bridgehead atoms. The number of halogens is 4. The van der Waals surface area contributed by atoms with Crippen molar-refractivity contribution in [2.24, 2.45) is 0 Å². The van der Waals surface area contributed by atoms with E-state index in [0.29, 0.717) is 16.3 Å². The van der Waals surface area contributed by atoms with Crippen LogP contribution in [-0.2, 0) is 12.7 Å². The lowest BCUT2D eigenvalue weighted by molar-refractivity contribution is -0.138. The van der Waals surface area contributed by atoms with Crippen LogP contribution < -0.4 is 5.32 Å². The molecule has 3 aromatic rings. The number of nitrogens with one attached hydrogen (secondary N) is 2. The largest absolute Gasteiger partial charge is 0.416 e. The van der Waals surface area contributed by atoms with E-state index in [2.05, 4.69) is 15.5 Å². The van der Waals surface area contributed by atoms with E-state index in [4.69, 9.17) is 11.6 Å². The van der Waals surface area contributed by atoms with Crippen LogP contribution in [0.1, 0.15) is 21.6 Å². The number of benzene rings is 2. The molecule has 134 valence electrons. The summed E-state index contributed by atoms with van der Waals surface area (Å²) in [6.07, 6.45) is -4.48. The van der Waals surface area contributed by atoms with Gasteiger partial charge in [-0.1, -0.05) is 48.0 Å². The minimum Gasteiger partial charge on any atom is -0.347 e. The molecule has 0 saturated heterocycles. The summed E-state index contributed by atoms with van der Waals surface area (Å²) in [5.41, 5.74) is 0.452. The van der Waals surface area contributed by atoms with Crippen molar-refractivity contribution in [1.29, 1.82) is 0 Å². The van der Waals surface area contributed by atoms with Gasteiger partial charge in [-0.05, 0) is 23.8 Å². The van der Waals surface area contributed by atoms with E-state index < -0.39 is 17.6 Å². The quantitative estimate of drug-likeness (QED) is 0.691. The topological polar surface area (TPSA) is 57.8 Å². The Labute approximate surface area is 152 Å². The first-order valence-electron chi connectivity index (χ1n) is 7.60. The van der Waals surface area contributed by atoms with Crippen molar-refractivity contribution < 1.29 is 18.0 Å². The van der Waals surface area contributed by atoms with Crippen molar-refractivity contribution in [3.8, 4) is 11.3 Å². The second kappa shape index (κ2) is 7.21. The summed E-state index contributed by atoms with van der Waals surface area (Å²) in [4.78, 5) is 12.2. The smallest absolute Gasteiger partial charge is 0.347 e. The lowest BCUT2D eigenvalue weighted by Crippen LogP contribution is -2.24. The van der Waals surface area contributed by atoms with Gasteiger partial charge in [0, 0.05) is 12.1 Å². The van der Waals surface area contributed by atoms with Crippen molar-refractivity contribution in [2.45, 2.75) is 12.7 Å². The van der Waals surface area contributed by atoms with E-state index in [1.807, 2.05) is 0 Å². The third kappa shape index (κ3) is 3.88. The minimum absolute atomic E-state index is 0.0146. The summed E-state index contributed by atoms with van der Waals surface area (Å²) in [5.74, 6) is -0.562. The number of nitrogens with zero attached hydrogens (tertiary/aromatic N) is 1. The van der Waals surface area contributed by atoms with Crippen molar-refractivity contribution in [3.63, 3.8) is 0 Å². The molecular weight excluding hydrogens is 367 g/mol. The maximum atomic E-state index is 13.0. The highest BCUT2D eigenvalue weighted by Crippen LogP contribution is 2.31. The highest BCUT2D eigenvalue weighted by molar-refractivity contribution is 6.33. The molecule has 0 atom stereocenters. The third-order valence-corrected chi connectivity index (χ3v) is 4.06. The molecule has 0 unspecified atom stereocenters. The normalized spacial score (nSPS) is 11.4. The molecule has 26 heavy (non-hydrogen) atoms. The molecule has 1 amide bonds. The second-order valence-corrected chi connectivity index (χ2v) is 5.89. The summed E-state index contributed by atoms with van der Waals surface area (Å²) in [5, 5.41) is 9.54. The van der Waals surface area contributed by atoms with Crippen LogP contribution in [0.15, 0.2) is 54.6 Å². The van der Waals surface area contributed by atoms with Gasteiger partial charge >= 0.3 is 6.18 Å². The molecule has 1 aromatic heterocycles. The van der Waals surface area contributed by atoms with Gasteiger partial charge in [-0.2, -0.15) is 18.3 Å². The van der Waals surface area contributed by atoms with Gasteiger partial charge in [-0.25, -0.2) is 0 Å². The average Bonchev–Trinajstić information content (AvgIpc) is 3.09. The van der Waals surface area contributed by atoms with E-state index in [9.17, 15) is 18.0 Å². The van der Waals surface area contributed by atoms with Crippen LogP contribution in [0, 0.1) is 0 Å². The number of carbonyl (C=O) groups is 1. The molecule has 0 aliphatic carbocycles. The first-order valence-corrected chi connectivity index (χ1v) is 7.97. The number of hydrogen-bond donors (Lipinski definition) is 2. The Bertz CT molecular complexity index is 937. The summed E-state index contributed by atoms with van der Waals surface area (Å²) in [6, 6.07) is 13.6. The summed E-state index contributed by atoms with van der Waals surface area (Å²) in [7, 11) is 0. The Kier molecular flexibility index (Phi) is 4.99. The minimum atomic E-state index is -4.48.